The van der Waals surface area contributed by atoms with E-state index in [-0.39, 0.29) is 12.5 Å². The Hall–Kier alpha value is -2.63. The summed E-state index contributed by atoms with van der Waals surface area (Å²) < 4.78 is 1.81. The first-order valence-corrected chi connectivity index (χ1v) is 10.3. The normalized spacial score (nSPS) is 14.7. The summed E-state index contributed by atoms with van der Waals surface area (Å²) in [6.07, 6.45) is 6.09. The lowest BCUT2D eigenvalue weighted by molar-refractivity contribution is -0.131. The molecule has 2 heterocycles. The van der Waals surface area contributed by atoms with Crippen LogP contribution in [0.4, 0.5) is 0 Å². The molecule has 150 valence electrons. The van der Waals surface area contributed by atoms with E-state index in [1.165, 1.54) is 17.7 Å². The van der Waals surface area contributed by atoms with E-state index in [9.17, 15) is 14.4 Å². The number of amides is 2. The maximum Gasteiger partial charge on any atom is 0.295 e. The molecule has 0 radical (unpaired) electrons. The monoisotopic (exact) mass is 383 g/mol. The van der Waals surface area contributed by atoms with Gasteiger partial charge in [0.1, 0.15) is 6.54 Å². The quantitative estimate of drug-likeness (QED) is 0.569. The Labute approximate surface area is 166 Å². The van der Waals surface area contributed by atoms with E-state index in [2.05, 4.69) is 0 Å². The first kappa shape index (κ1) is 20.1. The minimum Gasteiger partial charge on any atom is -0.341 e. The molecule has 0 aliphatic carbocycles. The summed E-state index contributed by atoms with van der Waals surface area (Å²) in [5.41, 5.74) is 1.18. The highest BCUT2D eigenvalue weighted by molar-refractivity contribution is 6.44. The van der Waals surface area contributed by atoms with E-state index in [4.69, 9.17) is 0 Å². The highest BCUT2D eigenvalue weighted by Crippen LogP contribution is 2.23. The van der Waals surface area contributed by atoms with Crippen molar-refractivity contribution >= 4 is 28.5 Å². The second-order valence-electron chi connectivity index (χ2n) is 7.29. The summed E-state index contributed by atoms with van der Waals surface area (Å²) in [6.45, 7) is 6.48. The van der Waals surface area contributed by atoms with Crippen LogP contribution in [0, 0.1) is 0 Å². The van der Waals surface area contributed by atoms with E-state index in [0.717, 1.165) is 36.8 Å². The Bertz CT molecular complexity index is 859. The molecule has 1 saturated heterocycles. The van der Waals surface area contributed by atoms with Crippen LogP contribution < -0.4 is 0 Å². The lowest BCUT2D eigenvalue weighted by atomic mass is 10.1. The van der Waals surface area contributed by atoms with Crippen molar-refractivity contribution in [2.45, 2.75) is 46.1 Å². The van der Waals surface area contributed by atoms with Gasteiger partial charge in [-0.1, -0.05) is 31.0 Å². The average Bonchev–Trinajstić information content (AvgIpc) is 2.88. The van der Waals surface area contributed by atoms with Crippen molar-refractivity contribution in [3.05, 3.63) is 36.0 Å². The van der Waals surface area contributed by atoms with E-state index >= 15 is 0 Å². The van der Waals surface area contributed by atoms with Crippen molar-refractivity contribution in [3.63, 3.8) is 0 Å². The molecule has 1 aliphatic rings. The number of carbonyl (C=O) groups excluding carboxylic acids is 3. The van der Waals surface area contributed by atoms with Crippen LogP contribution in [-0.2, 0) is 16.1 Å². The molecule has 0 N–H and O–H groups in total. The number of carbonyl (C=O) groups is 3. The number of likely N-dealkylation sites (N-methyl/N-ethyl adjacent to an activating group) is 1. The number of Topliss-reactive ketones (excluding diaryl/α,β-unsaturated/α-hetero) is 1. The number of benzene rings is 1. The van der Waals surface area contributed by atoms with Gasteiger partial charge in [0.05, 0.1) is 5.56 Å². The number of aromatic nitrogens is 1. The van der Waals surface area contributed by atoms with Gasteiger partial charge in [-0.2, -0.15) is 0 Å². The number of likely N-dealkylation sites (tertiary alicyclic amines) is 1. The Kier molecular flexibility index (Phi) is 6.49. The summed E-state index contributed by atoms with van der Waals surface area (Å²) >= 11 is 0. The number of ketones is 1. The highest BCUT2D eigenvalue weighted by Gasteiger charge is 2.26. The fourth-order valence-corrected chi connectivity index (χ4v) is 3.89. The predicted molar refractivity (Wildman–Crippen MR) is 109 cm³/mol. The molecule has 1 aromatic heterocycles. The topological polar surface area (TPSA) is 62.6 Å². The number of rotatable bonds is 6. The zero-order valence-electron chi connectivity index (χ0n) is 16.8. The minimum absolute atomic E-state index is 0.0664. The van der Waals surface area contributed by atoms with Gasteiger partial charge in [0.25, 0.3) is 11.7 Å². The summed E-state index contributed by atoms with van der Waals surface area (Å²) in [4.78, 5) is 41.7. The summed E-state index contributed by atoms with van der Waals surface area (Å²) in [7, 11) is 0. The minimum atomic E-state index is -0.513. The third kappa shape index (κ3) is 4.11. The molecule has 0 saturated carbocycles. The van der Waals surface area contributed by atoms with E-state index in [0.29, 0.717) is 18.7 Å². The van der Waals surface area contributed by atoms with Crippen molar-refractivity contribution in [1.82, 2.24) is 14.4 Å². The van der Waals surface area contributed by atoms with Crippen molar-refractivity contribution in [3.8, 4) is 0 Å². The summed E-state index contributed by atoms with van der Waals surface area (Å²) in [5.74, 6) is -0.940. The maximum atomic E-state index is 12.9. The van der Waals surface area contributed by atoms with Gasteiger partial charge in [-0.05, 0) is 32.8 Å². The molecular weight excluding hydrogens is 354 g/mol. The van der Waals surface area contributed by atoms with E-state index < -0.39 is 11.7 Å². The molecule has 0 atom stereocenters. The molecule has 0 unspecified atom stereocenters. The molecule has 1 aliphatic heterocycles. The number of hydrogen-bond donors (Lipinski definition) is 0. The number of hydrogen-bond acceptors (Lipinski definition) is 3. The molecule has 28 heavy (non-hydrogen) atoms. The largest absolute Gasteiger partial charge is 0.341 e. The lowest BCUT2D eigenvalue weighted by Crippen LogP contribution is -2.36. The number of fused-ring (bicyclic) bond motifs is 1. The molecule has 6 heteroatoms. The smallest absolute Gasteiger partial charge is 0.295 e. The van der Waals surface area contributed by atoms with Gasteiger partial charge < -0.3 is 14.4 Å². The van der Waals surface area contributed by atoms with Gasteiger partial charge in [0.2, 0.25) is 5.91 Å². The van der Waals surface area contributed by atoms with Gasteiger partial charge in [0, 0.05) is 43.3 Å². The maximum absolute atomic E-state index is 12.9. The zero-order chi connectivity index (χ0) is 20.1. The molecule has 3 rings (SSSR count). The second kappa shape index (κ2) is 9.04. The molecule has 0 bridgehead atoms. The Balaban J connectivity index is 1.89. The van der Waals surface area contributed by atoms with Crippen molar-refractivity contribution in [1.29, 1.82) is 0 Å². The fourth-order valence-electron chi connectivity index (χ4n) is 3.89. The lowest BCUT2D eigenvalue weighted by Gasteiger charge is -2.20. The standard InChI is InChI=1S/C22H29N3O3/c1-3-23(4-2)22(28)21(27)18-15-25(19-12-8-7-11-17(18)19)16-20(26)24-13-9-5-6-10-14-24/h7-8,11-12,15H,3-6,9-10,13-14,16H2,1-2H3. The van der Waals surface area contributed by atoms with E-state index in [1.54, 1.807) is 6.20 Å². The van der Waals surface area contributed by atoms with Gasteiger partial charge in [-0.25, -0.2) is 0 Å². The van der Waals surface area contributed by atoms with Crippen molar-refractivity contribution < 1.29 is 14.4 Å². The molecule has 2 amide bonds. The molecule has 2 aromatic rings. The van der Waals surface area contributed by atoms with Crippen LogP contribution in [-0.4, -0.2) is 58.1 Å². The molecule has 1 fully saturated rings. The molecule has 1 aromatic carbocycles. The van der Waals surface area contributed by atoms with Crippen LogP contribution in [0.1, 0.15) is 49.9 Å². The summed E-state index contributed by atoms with van der Waals surface area (Å²) in [5, 5.41) is 0.719. The SMILES string of the molecule is CCN(CC)C(=O)C(=O)c1cn(CC(=O)N2CCCCCC2)c2ccccc12. The third-order valence-corrected chi connectivity index (χ3v) is 5.54. The van der Waals surface area contributed by atoms with Crippen LogP contribution in [0.3, 0.4) is 0 Å². The van der Waals surface area contributed by atoms with Crippen LogP contribution in [0.5, 0.6) is 0 Å². The first-order valence-electron chi connectivity index (χ1n) is 10.3. The third-order valence-electron chi connectivity index (χ3n) is 5.54. The van der Waals surface area contributed by atoms with Crippen LogP contribution in [0.25, 0.3) is 10.9 Å². The van der Waals surface area contributed by atoms with Crippen LogP contribution in [0.15, 0.2) is 30.5 Å². The van der Waals surface area contributed by atoms with Crippen LogP contribution in [0.2, 0.25) is 0 Å². The van der Waals surface area contributed by atoms with Gasteiger partial charge in [-0.3, -0.25) is 14.4 Å². The fraction of sp³-hybridized carbons (Fsp3) is 0.500. The first-order chi connectivity index (χ1) is 13.6. The van der Waals surface area contributed by atoms with Gasteiger partial charge in [0.15, 0.2) is 0 Å². The highest BCUT2D eigenvalue weighted by atomic mass is 16.2. The van der Waals surface area contributed by atoms with Gasteiger partial charge >= 0.3 is 0 Å². The zero-order valence-corrected chi connectivity index (χ0v) is 16.8. The number of nitrogens with zero attached hydrogens (tertiary/aromatic N) is 3. The molecule has 0 spiro atoms. The Morgan fingerprint density at radius 2 is 1.61 bits per heavy atom. The molecular formula is C22H29N3O3. The van der Waals surface area contributed by atoms with Crippen molar-refractivity contribution in [2.75, 3.05) is 26.2 Å². The van der Waals surface area contributed by atoms with Crippen molar-refractivity contribution in [2.24, 2.45) is 0 Å². The van der Waals surface area contributed by atoms with Gasteiger partial charge in [-0.15, -0.1) is 0 Å². The second-order valence-corrected chi connectivity index (χ2v) is 7.29. The summed E-state index contributed by atoms with van der Waals surface area (Å²) in [6, 6.07) is 7.46. The van der Waals surface area contributed by atoms with E-state index in [1.807, 2.05) is 47.6 Å². The number of para-hydroxylation sites is 1. The Morgan fingerprint density at radius 3 is 2.25 bits per heavy atom. The van der Waals surface area contributed by atoms with Crippen LogP contribution >= 0.6 is 0 Å². The molecule has 6 nitrogen and oxygen atoms in total. The Morgan fingerprint density at radius 1 is 0.964 bits per heavy atom. The average molecular weight is 383 g/mol. The predicted octanol–water partition coefficient (Wildman–Crippen LogP) is 3.10.